The third kappa shape index (κ3) is 2.58. The van der Waals surface area contributed by atoms with Crippen molar-refractivity contribution in [3.8, 4) is 0 Å². The van der Waals surface area contributed by atoms with Gasteiger partial charge in [0, 0.05) is 29.0 Å². The van der Waals surface area contributed by atoms with Crippen molar-refractivity contribution >= 4 is 11.3 Å². The van der Waals surface area contributed by atoms with Gasteiger partial charge in [0.15, 0.2) is 0 Å². The molecule has 2 bridgehead atoms. The molecular weight excluding hydrogens is 276 g/mol. The second-order valence-corrected chi connectivity index (χ2v) is 8.12. The van der Waals surface area contributed by atoms with Crippen LogP contribution >= 0.6 is 11.3 Å². The van der Waals surface area contributed by atoms with Crippen LogP contribution in [-0.2, 0) is 6.42 Å². The van der Waals surface area contributed by atoms with Gasteiger partial charge in [0.2, 0.25) is 0 Å². The van der Waals surface area contributed by atoms with Gasteiger partial charge in [-0.05, 0) is 68.5 Å². The van der Waals surface area contributed by atoms with E-state index in [-0.39, 0.29) is 0 Å². The number of thiophene rings is 1. The van der Waals surface area contributed by atoms with Crippen LogP contribution in [0.15, 0.2) is 11.4 Å². The van der Waals surface area contributed by atoms with Crippen LogP contribution in [0.25, 0.3) is 0 Å². The maximum Gasteiger partial charge on any atom is 0.0365 e. The first kappa shape index (κ1) is 14.2. The summed E-state index contributed by atoms with van der Waals surface area (Å²) in [4.78, 5) is 4.64. The molecule has 21 heavy (non-hydrogen) atoms. The minimum Gasteiger partial charge on any atom is -0.314 e. The summed E-state index contributed by atoms with van der Waals surface area (Å²) in [5.74, 6) is 0. The number of aryl methyl sites for hydroxylation is 1. The standard InChI is InChI=1S/C18H28N2S/c1-2-19-13-11-14-5-3-6-15(12-13)20(14)17-7-4-8-18-16(17)9-10-21-18/h9-10,13-15,17,19H,2-8,11-12H2,1H3. The zero-order valence-electron chi connectivity index (χ0n) is 13.2. The fraction of sp³-hybridized carbons (Fsp3) is 0.778. The van der Waals surface area contributed by atoms with Crippen LogP contribution in [0.2, 0.25) is 0 Å². The highest BCUT2D eigenvalue weighted by atomic mass is 32.1. The molecule has 3 aliphatic rings. The summed E-state index contributed by atoms with van der Waals surface area (Å²) in [7, 11) is 0. The molecule has 3 heteroatoms. The number of nitrogens with zero attached hydrogens (tertiary/aromatic N) is 1. The molecule has 2 aliphatic heterocycles. The van der Waals surface area contributed by atoms with Crippen molar-refractivity contribution in [1.82, 2.24) is 10.2 Å². The zero-order chi connectivity index (χ0) is 14.2. The summed E-state index contributed by atoms with van der Waals surface area (Å²) >= 11 is 1.99. The lowest BCUT2D eigenvalue weighted by Crippen LogP contribution is -2.57. The lowest BCUT2D eigenvalue weighted by atomic mass is 9.78. The predicted molar refractivity (Wildman–Crippen MR) is 90.0 cm³/mol. The highest BCUT2D eigenvalue weighted by Crippen LogP contribution is 2.45. The van der Waals surface area contributed by atoms with Gasteiger partial charge in [0.25, 0.3) is 0 Å². The van der Waals surface area contributed by atoms with Gasteiger partial charge >= 0.3 is 0 Å². The average molecular weight is 305 g/mol. The van der Waals surface area contributed by atoms with Crippen molar-refractivity contribution in [1.29, 1.82) is 0 Å². The molecule has 0 amide bonds. The summed E-state index contributed by atoms with van der Waals surface area (Å²) in [5.41, 5.74) is 1.69. The Bertz CT molecular complexity index is 469. The summed E-state index contributed by atoms with van der Waals surface area (Å²) in [6, 6.07) is 5.59. The van der Waals surface area contributed by atoms with E-state index in [1.54, 1.807) is 10.4 Å². The van der Waals surface area contributed by atoms with Crippen LogP contribution in [-0.4, -0.2) is 29.6 Å². The average Bonchev–Trinajstić information content (AvgIpc) is 2.95. The van der Waals surface area contributed by atoms with Crippen molar-refractivity contribution in [2.45, 2.75) is 82.5 Å². The third-order valence-electron chi connectivity index (χ3n) is 5.90. The number of hydrogen-bond acceptors (Lipinski definition) is 3. The van der Waals surface area contributed by atoms with E-state index >= 15 is 0 Å². The van der Waals surface area contributed by atoms with E-state index in [2.05, 4.69) is 28.6 Å². The summed E-state index contributed by atoms with van der Waals surface area (Å²) in [6.45, 7) is 3.38. The molecule has 0 saturated carbocycles. The molecule has 1 N–H and O–H groups in total. The van der Waals surface area contributed by atoms with E-state index in [0.29, 0.717) is 0 Å². The van der Waals surface area contributed by atoms with E-state index in [0.717, 1.165) is 30.7 Å². The first-order valence-electron chi connectivity index (χ1n) is 8.94. The van der Waals surface area contributed by atoms with Crippen molar-refractivity contribution in [3.63, 3.8) is 0 Å². The maximum absolute atomic E-state index is 3.73. The fourth-order valence-corrected chi connectivity index (χ4v) is 6.13. The van der Waals surface area contributed by atoms with Crippen molar-refractivity contribution in [2.24, 2.45) is 0 Å². The number of nitrogens with one attached hydrogen (secondary N) is 1. The minimum absolute atomic E-state index is 0.734. The van der Waals surface area contributed by atoms with E-state index in [4.69, 9.17) is 0 Å². The Kier molecular flexibility index (Phi) is 4.08. The maximum atomic E-state index is 3.73. The van der Waals surface area contributed by atoms with E-state index in [1.807, 2.05) is 11.3 Å². The first-order chi connectivity index (χ1) is 10.4. The topological polar surface area (TPSA) is 15.3 Å². The zero-order valence-corrected chi connectivity index (χ0v) is 14.0. The molecule has 3 atom stereocenters. The summed E-state index contributed by atoms with van der Waals surface area (Å²) < 4.78 is 0. The Balaban J connectivity index is 1.58. The van der Waals surface area contributed by atoms with Crippen molar-refractivity contribution < 1.29 is 0 Å². The Morgan fingerprint density at radius 1 is 1.19 bits per heavy atom. The van der Waals surface area contributed by atoms with Gasteiger partial charge < -0.3 is 5.32 Å². The van der Waals surface area contributed by atoms with Crippen LogP contribution in [0.5, 0.6) is 0 Å². The molecule has 1 aliphatic carbocycles. The summed E-state index contributed by atoms with van der Waals surface area (Å²) in [6.07, 6.45) is 11.2. The van der Waals surface area contributed by atoms with Gasteiger partial charge in [-0.15, -0.1) is 11.3 Å². The molecule has 1 aromatic heterocycles. The SMILES string of the molecule is CCNC1CC2CCCC(C1)N2C1CCCc2sccc21. The van der Waals surface area contributed by atoms with Crippen LogP contribution in [0.4, 0.5) is 0 Å². The molecule has 116 valence electrons. The minimum atomic E-state index is 0.734. The van der Waals surface area contributed by atoms with E-state index in [1.165, 1.54) is 51.4 Å². The molecule has 4 rings (SSSR count). The molecule has 2 nitrogen and oxygen atoms in total. The normalized spacial score (nSPS) is 36.4. The van der Waals surface area contributed by atoms with Crippen LogP contribution in [0.1, 0.15) is 68.4 Å². The van der Waals surface area contributed by atoms with Gasteiger partial charge in [-0.25, -0.2) is 0 Å². The molecule has 3 heterocycles. The number of piperidine rings is 2. The molecule has 0 aromatic carbocycles. The molecule has 2 saturated heterocycles. The first-order valence-corrected chi connectivity index (χ1v) is 9.82. The smallest absolute Gasteiger partial charge is 0.0365 e. The molecule has 0 spiro atoms. The van der Waals surface area contributed by atoms with Gasteiger partial charge in [-0.3, -0.25) is 4.90 Å². The Hall–Kier alpha value is -0.380. The molecule has 0 radical (unpaired) electrons. The molecule has 1 aromatic rings. The Labute approximate surface area is 132 Å². The van der Waals surface area contributed by atoms with Gasteiger partial charge in [-0.2, -0.15) is 0 Å². The highest BCUT2D eigenvalue weighted by molar-refractivity contribution is 7.10. The van der Waals surface area contributed by atoms with Crippen LogP contribution in [0, 0.1) is 0 Å². The predicted octanol–water partition coefficient (Wildman–Crippen LogP) is 4.12. The number of rotatable bonds is 3. The largest absolute Gasteiger partial charge is 0.314 e. The Morgan fingerprint density at radius 3 is 2.76 bits per heavy atom. The third-order valence-corrected chi connectivity index (χ3v) is 6.90. The second kappa shape index (κ2) is 6.02. The number of hydrogen-bond donors (Lipinski definition) is 1. The quantitative estimate of drug-likeness (QED) is 0.903. The van der Waals surface area contributed by atoms with E-state index < -0.39 is 0 Å². The summed E-state index contributed by atoms with van der Waals surface area (Å²) in [5, 5.41) is 6.05. The van der Waals surface area contributed by atoms with Crippen molar-refractivity contribution in [2.75, 3.05) is 6.54 Å². The molecule has 2 fully saturated rings. The monoisotopic (exact) mass is 304 g/mol. The lowest BCUT2D eigenvalue weighted by molar-refractivity contribution is -0.0168. The van der Waals surface area contributed by atoms with Crippen LogP contribution in [0.3, 0.4) is 0 Å². The van der Waals surface area contributed by atoms with Gasteiger partial charge in [-0.1, -0.05) is 13.3 Å². The van der Waals surface area contributed by atoms with Gasteiger partial charge in [0.05, 0.1) is 0 Å². The molecular formula is C18H28N2S. The van der Waals surface area contributed by atoms with E-state index in [9.17, 15) is 0 Å². The lowest BCUT2D eigenvalue weighted by Gasteiger charge is -2.53. The fourth-order valence-electron chi connectivity index (χ4n) is 5.15. The highest BCUT2D eigenvalue weighted by Gasteiger charge is 2.42. The van der Waals surface area contributed by atoms with Gasteiger partial charge in [0.1, 0.15) is 0 Å². The number of fused-ring (bicyclic) bond motifs is 3. The van der Waals surface area contributed by atoms with Crippen LogP contribution < -0.4 is 5.32 Å². The van der Waals surface area contributed by atoms with Crippen molar-refractivity contribution in [3.05, 3.63) is 21.9 Å². The Morgan fingerprint density at radius 2 is 2.00 bits per heavy atom. The second-order valence-electron chi connectivity index (χ2n) is 7.12. The molecule has 3 unspecified atom stereocenters.